The number of hydrogen-bond acceptors (Lipinski definition) is 5. The molecule has 164 valence electrons. The maximum atomic E-state index is 13.2. The lowest BCUT2D eigenvalue weighted by Crippen LogP contribution is -2.36. The minimum atomic E-state index is -0.0166. The third-order valence-electron chi connectivity index (χ3n) is 4.99. The van der Waals surface area contributed by atoms with E-state index in [0.29, 0.717) is 34.8 Å². The van der Waals surface area contributed by atoms with Crippen LogP contribution in [0, 0.1) is 6.92 Å². The molecule has 1 atom stereocenters. The Morgan fingerprint density at radius 3 is 2.35 bits per heavy atom. The summed E-state index contributed by atoms with van der Waals surface area (Å²) >= 11 is 1.41. The van der Waals surface area contributed by atoms with Crippen LogP contribution in [0.3, 0.4) is 0 Å². The van der Waals surface area contributed by atoms with Crippen LogP contribution in [-0.4, -0.2) is 35.2 Å². The van der Waals surface area contributed by atoms with Crippen LogP contribution in [0.5, 0.6) is 11.5 Å². The molecule has 2 aromatic carbocycles. The van der Waals surface area contributed by atoms with Crippen molar-refractivity contribution in [3.63, 3.8) is 0 Å². The van der Waals surface area contributed by atoms with E-state index in [4.69, 9.17) is 14.5 Å². The number of nitrogens with zero attached hydrogens (tertiary/aromatic N) is 2. The van der Waals surface area contributed by atoms with Crippen molar-refractivity contribution in [3.8, 4) is 11.5 Å². The average Bonchev–Trinajstić information content (AvgIpc) is 3.06. The van der Waals surface area contributed by atoms with E-state index in [1.165, 1.54) is 17.3 Å². The van der Waals surface area contributed by atoms with Gasteiger partial charge in [0.05, 0.1) is 23.8 Å². The van der Waals surface area contributed by atoms with Crippen LogP contribution < -0.4 is 9.47 Å². The van der Waals surface area contributed by atoms with Gasteiger partial charge in [0.15, 0.2) is 16.7 Å². The van der Waals surface area contributed by atoms with Crippen molar-refractivity contribution < 1.29 is 14.3 Å². The predicted octanol–water partition coefficient (Wildman–Crippen LogP) is 6.19. The van der Waals surface area contributed by atoms with Crippen LogP contribution in [-0.2, 0) is 4.79 Å². The van der Waals surface area contributed by atoms with E-state index >= 15 is 0 Å². The Labute approximate surface area is 189 Å². The molecule has 6 heteroatoms. The minimum Gasteiger partial charge on any atom is -0.490 e. The van der Waals surface area contributed by atoms with Gasteiger partial charge in [0, 0.05) is 6.04 Å². The molecule has 0 bridgehead atoms. The lowest BCUT2D eigenvalue weighted by molar-refractivity contribution is -0.123. The second-order valence-electron chi connectivity index (χ2n) is 7.35. The molecule has 5 nitrogen and oxygen atoms in total. The molecule has 0 spiro atoms. The third kappa shape index (κ3) is 5.50. The van der Waals surface area contributed by atoms with E-state index in [2.05, 4.69) is 13.8 Å². The number of ether oxygens (including phenoxy) is 2. The molecule has 1 aliphatic rings. The largest absolute Gasteiger partial charge is 0.490 e. The van der Waals surface area contributed by atoms with Crippen LogP contribution in [0.25, 0.3) is 6.08 Å². The Morgan fingerprint density at radius 1 is 1.03 bits per heavy atom. The molecular weight excluding hydrogens is 408 g/mol. The number of carbonyl (C=O) groups excluding carboxylic acids is 1. The molecule has 3 rings (SSSR count). The van der Waals surface area contributed by atoms with Gasteiger partial charge in [-0.15, -0.1) is 0 Å². The zero-order valence-electron chi connectivity index (χ0n) is 18.8. The molecule has 31 heavy (non-hydrogen) atoms. The van der Waals surface area contributed by atoms with Crippen LogP contribution in [0.4, 0.5) is 5.69 Å². The predicted molar refractivity (Wildman–Crippen MR) is 129 cm³/mol. The van der Waals surface area contributed by atoms with Crippen molar-refractivity contribution >= 4 is 34.6 Å². The van der Waals surface area contributed by atoms with Crippen LogP contribution in [0.2, 0.25) is 0 Å². The van der Waals surface area contributed by atoms with Gasteiger partial charge >= 0.3 is 0 Å². The van der Waals surface area contributed by atoms with Crippen molar-refractivity contribution in [2.24, 2.45) is 4.99 Å². The van der Waals surface area contributed by atoms with E-state index < -0.39 is 0 Å². The van der Waals surface area contributed by atoms with Gasteiger partial charge in [-0.1, -0.05) is 30.7 Å². The van der Waals surface area contributed by atoms with Gasteiger partial charge in [0.25, 0.3) is 5.91 Å². The summed E-state index contributed by atoms with van der Waals surface area (Å²) in [5, 5.41) is 0.713. The maximum Gasteiger partial charge on any atom is 0.266 e. The first kappa shape index (κ1) is 22.9. The monoisotopic (exact) mass is 438 g/mol. The van der Waals surface area contributed by atoms with Gasteiger partial charge in [0.1, 0.15) is 0 Å². The summed E-state index contributed by atoms with van der Waals surface area (Å²) in [6.07, 6.45) is 2.75. The molecule has 1 fully saturated rings. The van der Waals surface area contributed by atoms with Gasteiger partial charge < -0.3 is 9.47 Å². The van der Waals surface area contributed by atoms with Gasteiger partial charge in [-0.05, 0) is 81.8 Å². The molecule has 0 N–H and O–H groups in total. The fourth-order valence-electron chi connectivity index (χ4n) is 3.17. The Bertz CT molecular complexity index is 983. The Morgan fingerprint density at radius 2 is 1.71 bits per heavy atom. The van der Waals surface area contributed by atoms with Gasteiger partial charge in [-0.2, -0.15) is 0 Å². The Hall–Kier alpha value is -2.73. The van der Waals surface area contributed by atoms with Crippen molar-refractivity contribution in [2.75, 3.05) is 13.2 Å². The molecule has 1 aliphatic heterocycles. The van der Waals surface area contributed by atoms with E-state index in [9.17, 15) is 4.79 Å². The molecule has 0 saturated carbocycles. The Balaban J connectivity index is 1.96. The molecule has 1 heterocycles. The third-order valence-corrected chi connectivity index (χ3v) is 5.98. The van der Waals surface area contributed by atoms with Gasteiger partial charge in [0.2, 0.25) is 0 Å². The van der Waals surface area contributed by atoms with Crippen molar-refractivity contribution in [3.05, 3.63) is 58.5 Å². The first-order valence-electron chi connectivity index (χ1n) is 10.7. The fourth-order valence-corrected chi connectivity index (χ4v) is 4.26. The highest BCUT2D eigenvalue weighted by Crippen LogP contribution is 2.37. The van der Waals surface area contributed by atoms with E-state index in [1.54, 1.807) is 4.90 Å². The number of thioether (sulfide) groups is 1. The highest BCUT2D eigenvalue weighted by Gasteiger charge is 2.36. The number of hydrogen-bond donors (Lipinski definition) is 0. The Kier molecular flexibility index (Phi) is 7.80. The SMILES string of the molecule is CCOc1ccc(/C=C2/SC(=Nc3ccc(C)cc3)N([C@@H](C)CC)C2=O)cc1OCC. The smallest absolute Gasteiger partial charge is 0.266 e. The second-order valence-corrected chi connectivity index (χ2v) is 8.35. The van der Waals surface area contributed by atoms with E-state index in [1.807, 2.05) is 69.3 Å². The number of aliphatic imine (C=N–C) groups is 1. The highest BCUT2D eigenvalue weighted by atomic mass is 32.2. The normalized spacial score (nSPS) is 17.5. The minimum absolute atomic E-state index is 0.0166. The number of aryl methyl sites for hydroxylation is 1. The molecule has 0 unspecified atom stereocenters. The number of benzene rings is 2. The quantitative estimate of drug-likeness (QED) is 0.461. The number of amides is 1. The van der Waals surface area contributed by atoms with E-state index in [-0.39, 0.29) is 11.9 Å². The fraction of sp³-hybridized carbons (Fsp3) is 0.360. The highest BCUT2D eigenvalue weighted by molar-refractivity contribution is 8.18. The lowest BCUT2D eigenvalue weighted by atomic mass is 10.1. The number of amidine groups is 1. The first-order valence-corrected chi connectivity index (χ1v) is 11.6. The summed E-state index contributed by atoms with van der Waals surface area (Å²) in [6, 6.07) is 13.8. The van der Waals surface area contributed by atoms with Crippen LogP contribution in [0.15, 0.2) is 52.4 Å². The molecule has 1 saturated heterocycles. The molecule has 2 aromatic rings. The first-order chi connectivity index (χ1) is 15.0. The summed E-state index contributed by atoms with van der Waals surface area (Å²) in [7, 11) is 0. The molecule has 0 radical (unpaired) electrons. The van der Waals surface area contributed by atoms with Crippen LogP contribution >= 0.6 is 11.8 Å². The summed E-state index contributed by atoms with van der Waals surface area (Å²) in [5.74, 6) is 1.37. The second kappa shape index (κ2) is 10.5. The molecule has 1 amide bonds. The van der Waals surface area contributed by atoms with Crippen molar-refractivity contribution in [2.45, 2.75) is 47.1 Å². The number of carbonyl (C=O) groups is 1. The van der Waals surface area contributed by atoms with Crippen molar-refractivity contribution in [1.29, 1.82) is 0 Å². The van der Waals surface area contributed by atoms with Crippen molar-refractivity contribution in [1.82, 2.24) is 4.90 Å². The standard InChI is InChI=1S/C25H30N2O3S/c1-6-18(5)27-24(28)23(31-25(27)26-20-12-9-17(4)10-13-20)16-19-11-14-21(29-7-2)22(15-19)30-8-3/h9-16,18H,6-8H2,1-5H3/b23-16+,26-25?/t18-/m0/s1. The van der Waals surface area contributed by atoms with Gasteiger partial charge in [-0.25, -0.2) is 4.99 Å². The summed E-state index contributed by atoms with van der Waals surface area (Å²) in [6.45, 7) is 11.2. The zero-order chi connectivity index (χ0) is 22.4. The molecule has 0 aliphatic carbocycles. The maximum absolute atomic E-state index is 13.2. The molecular formula is C25H30N2O3S. The van der Waals surface area contributed by atoms with Gasteiger partial charge in [-0.3, -0.25) is 9.69 Å². The summed E-state index contributed by atoms with van der Waals surface area (Å²) in [5.41, 5.74) is 2.91. The summed E-state index contributed by atoms with van der Waals surface area (Å²) in [4.78, 5) is 20.5. The van der Waals surface area contributed by atoms with Crippen LogP contribution in [0.1, 0.15) is 45.2 Å². The summed E-state index contributed by atoms with van der Waals surface area (Å²) < 4.78 is 11.4. The topological polar surface area (TPSA) is 51.1 Å². The zero-order valence-corrected chi connectivity index (χ0v) is 19.7. The average molecular weight is 439 g/mol. The molecule has 0 aromatic heterocycles. The van der Waals surface area contributed by atoms with E-state index in [0.717, 1.165) is 17.7 Å². The number of rotatable bonds is 8. The lowest BCUT2D eigenvalue weighted by Gasteiger charge is -2.22.